The quantitative estimate of drug-likeness (QED) is 0.751. The summed E-state index contributed by atoms with van der Waals surface area (Å²) < 4.78 is 71.6. The van der Waals surface area contributed by atoms with Gasteiger partial charge in [0.1, 0.15) is 11.9 Å². The minimum absolute atomic E-state index is 0.0529. The summed E-state index contributed by atoms with van der Waals surface area (Å²) in [7, 11) is -2.71. The van der Waals surface area contributed by atoms with E-state index in [1.165, 1.54) is 43.5 Å². The molecule has 1 fully saturated rings. The Morgan fingerprint density at radius 2 is 1.62 bits per heavy atom. The molecule has 1 atom stereocenters. The first-order valence-electron chi connectivity index (χ1n) is 8.66. The Labute approximate surface area is 166 Å². The molecule has 2 aromatic rings. The Hall–Kier alpha value is -2.59. The number of carbonyl (C=O) groups excluding carboxylic acids is 1. The number of halogens is 3. The Balaban J connectivity index is 2.07. The van der Waals surface area contributed by atoms with Gasteiger partial charge in [-0.2, -0.15) is 17.5 Å². The second-order valence-electron chi connectivity index (χ2n) is 6.57. The smallest absolute Gasteiger partial charge is 0.471 e. The van der Waals surface area contributed by atoms with Crippen LogP contribution in [0.4, 0.5) is 13.2 Å². The zero-order valence-corrected chi connectivity index (χ0v) is 16.5. The normalized spacial score (nSPS) is 18.1. The van der Waals surface area contributed by atoms with Gasteiger partial charge in [-0.25, -0.2) is 8.42 Å². The molecule has 156 valence electrons. The second kappa shape index (κ2) is 7.68. The average Bonchev–Trinajstić information content (AvgIpc) is 3.12. The summed E-state index contributed by atoms with van der Waals surface area (Å²) in [5.41, 5.74) is 1.07. The van der Waals surface area contributed by atoms with E-state index in [1.807, 2.05) is 0 Å². The number of methoxy groups -OCH3 is 1. The molecule has 0 bridgehead atoms. The molecule has 29 heavy (non-hydrogen) atoms. The zero-order valence-electron chi connectivity index (χ0n) is 15.7. The Morgan fingerprint density at radius 3 is 2.14 bits per heavy atom. The van der Waals surface area contributed by atoms with Crippen molar-refractivity contribution in [2.75, 3.05) is 20.2 Å². The minimum Gasteiger partial charge on any atom is -0.497 e. The van der Waals surface area contributed by atoms with E-state index in [4.69, 9.17) is 4.74 Å². The number of sulfonamides is 1. The van der Waals surface area contributed by atoms with E-state index in [0.717, 1.165) is 9.87 Å². The number of hydrogen-bond donors (Lipinski definition) is 0. The summed E-state index contributed by atoms with van der Waals surface area (Å²) in [6.45, 7) is 1.16. The lowest BCUT2D eigenvalue weighted by molar-refractivity contribution is -0.187. The topological polar surface area (TPSA) is 66.9 Å². The molecule has 0 radical (unpaired) electrons. The molecule has 1 unspecified atom stereocenters. The number of ether oxygens (including phenoxy) is 1. The van der Waals surface area contributed by atoms with E-state index >= 15 is 0 Å². The largest absolute Gasteiger partial charge is 0.497 e. The molecule has 0 N–H and O–H groups in total. The predicted molar refractivity (Wildman–Crippen MR) is 98.6 cm³/mol. The Kier molecular flexibility index (Phi) is 5.59. The highest BCUT2D eigenvalue weighted by molar-refractivity contribution is 7.89. The van der Waals surface area contributed by atoms with Crippen molar-refractivity contribution >= 4 is 15.9 Å². The number of alkyl halides is 3. The number of carbonyl (C=O) groups is 1. The molecule has 2 aromatic carbocycles. The molecule has 1 amide bonds. The number of nitrogens with zero attached hydrogens (tertiary/aromatic N) is 2. The lowest BCUT2D eigenvalue weighted by Crippen LogP contribution is -2.43. The van der Waals surface area contributed by atoms with Gasteiger partial charge in [0.05, 0.1) is 12.0 Å². The van der Waals surface area contributed by atoms with Gasteiger partial charge >= 0.3 is 12.1 Å². The van der Waals surface area contributed by atoms with Gasteiger partial charge in [-0.3, -0.25) is 4.79 Å². The van der Waals surface area contributed by atoms with Crippen molar-refractivity contribution in [3.63, 3.8) is 0 Å². The monoisotopic (exact) mass is 428 g/mol. The molecule has 1 saturated heterocycles. The maximum atomic E-state index is 13.2. The van der Waals surface area contributed by atoms with Gasteiger partial charge in [-0.15, -0.1) is 0 Å². The summed E-state index contributed by atoms with van der Waals surface area (Å²) in [4.78, 5) is 12.5. The summed E-state index contributed by atoms with van der Waals surface area (Å²) in [6.07, 6.45) is -6.53. The third kappa shape index (κ3) is 4.08. The van der Waals surface area contributed by atoms with Crippen LogP contribution in [0.3, 0.4) is 0 Å². The molecular weight excluding hydrogens is 409 g/mol. The fraction of sp³-hybridized carbons (Fsp3) is 0.316. The molecule has 1 aliphatic rings. The first-order chi connectivity index (χ1) is 13.6. The van der Waals surface area contributed by atoms with Gasteiger partial charge in [-0.1, -0.05) is 29.8 Å². The van der Waals surface area contributed by atoms with E-state index in [0.29, 0.717) is 10.6 Å². The van der Waals surface area contributed by atoms with Gasteiger partial charge in [0.25, 0.3) is 0 Å². The van der Waals surface area contributed by atoms with Crippen molar-refractivity contribution in [2.45, 2.75) is 24.2 Å². The molecule has 0 saturated carbocycles. The van der Waals surface area contributed by atoms with Gasteiger partial charge in [-0.05, 0) is 36.8 Å². The third-order valence-electron chi connectivity index (χ3n) is 4.67. The standard InChI is InChI=1S/C19H19F3N2O4S/c1-13-3-9-16(10-4-13)29(26,27)24-12-11-23(18(25)19(20,21)22)17(24)14-5-7-15(28-2)8-6-14/h3-10,17H,11-12H2,1-2H3. The first-order valence-corrected chi connectivity index (χ1v) is 10.1. The number of rotatable bonds is 4. The van der Waals surface area contributed by atoms with E-state index in [1.54, 1.807) is 19.1 Å². The van der Waals surface area contributed by atoms with Crippen molar-refractivity contribution < 1.29 is 31.1 Å². The van der Waals surface area contributed by atoms with E-state index in [9.17, 15) is 26.4 Å². The zero-order chi connectivity index (χ0) is 21.4. The van der Waals surface area contributed by atoms with Gasteiger partial charge in [0, 0.05) is 13.1 Å². The first kappa shape index (κ1) is 21.1. The van der Waals surface area contributed by atoms with Crippen molar-refractivity contribution in [1.29, 1.82) is 0 Å². The van der Waals surface area contributed by atoms with Crippen LogP contribution in [0.2, 0.25) is 0 Å². The van der Waals surface area contributed by atoms with Gasteiger partial charge in [0.2, 0.25) is 10.0 Å². The summed E-state index contributed by atoms with van der Waals surface area (Å²) in [5.74, 6) is -1.63. The highest BCUT2D eigenvalue weighted by Crippen LogP contribution is 2.38. The molecule has 3 rings (SSSR count). The molecule has 1 aliphatic heterocycles. The maximum absolute atomic E-state index is 13.2. The van der Waals surface area contributed by atoms with Crippen LogP contribution in [0.5, 0.6) is 5.75 Å². The molecule has 0 aromatic heterocycles. The van der Waals surface area contributed by atoms with Crippen LogP contribution in [0.15, 0.2) is 53.4 Å². The van der Waals surface area contributed by atoms with Crippen LogP contribution in [0.1, 0.15) is 17.3 Å². The SMILES string of the molecule is COc1ccc(C2N(C(=O)C(F)(F)F)CCN2S(=O)(=O)c2ccc(C)cc2)cc1. The van der Waals surface area contributed by atoms with Crippen molar-refractivity contribution in [1.82, 2.24) is 9.21 Å². The van der Waals surface area contributed by atoms with Crippen LogP contribution in [0, 0.1) is 6.92 Å². The highest BCUT2D eigenvalue weighted by Gasteiger charge is 2.51. The van der Waals surface area contributed by atoms with E-state index in [-0.39, 0.29) is 23.5 Å². The van der Waals surface area contributed by atoms with Crippen molar-refractivity contribution in [3.05, 3.63) is 59.7 Å². The third-order valence-corrected chi connectivity index (χ3v) is 6.54. The van der Waals surface area contributed by atoms with E-state index < -0.39 is 28.3 Å². The number of benzene rings is 2. The average molecular weight is 428 g/mol. The van der Waals surface area contributed by atoms with Crippen LogP contribution >= 0.6 is 0 Å². The maximum Gasteiger partial charge on any atom is 0.471 e. The molecule has 6 nitrogen and oxygen atoms in total. The molecule has 0 spiro atoms. The minimum atomic E-state index is -5.12. The van der Waals surface area contributed by atoms with Crippen molar-refractivity contribution in [3.8, 4) is 5.75 Å². The predicted octanol–water partition coefficient (Wildman–Crippen LogP) is 3.10. The fourth-order valence-corrected chi connectivity index (χ4v) is 4.77. The fourth-order valence-electron chi connectivity index (χ4n) is 3.20. The summed E-state index contributed by atoms with van der Waals surface area (Å²) in [6, 6.07) is 11.9. The van der Waals surface area contributed by atoms with E-state index in [2.05, 4.69) is 0 Å². The number of hydrogen-bond acceptors (Lipinski definition) is 4. The summed E-state index contributed by atoms with van der Waals surface area (Å²) in [5, 5.41) is 0. The van der Waals surface area contributed by atoms with Crippen LogP contribution in [-0.2, 0) is 14.8 Å². The molecule has 1 heterocycles. The lowest BCUT2D eigenvalue weighted by Gasteiger charge is -2.30. The molecule has 10 heteroatoms. The second-order valence-corrected chi connectivity index (χ2v) is 8.46. The lowest BCUT2D eigenvalue weighted by atomic mass is 10.1. The highest BCUT2D eigenvalue weighted by atomic mass is 32.2. The Morgan fingerprint density at radius 1 is 1.03 bits per heavy atom. The number of aryl methyl sites for hydroxylation is 1. The van der Waals surface area contributed by atoms with Crippen LogP contribution < -0.4 is 4.74 Å². The van der Waals surface area contributed by atoms with Gasteiger partial charge < -0.3 is 9.64 Å². The molecular formula is C19H19F3N2O4S. The van der Waals surface area contributed by atoms with Gasteiger partial charge in [0.15, 0.2) is 0 Å². The summed E-state index contributed by atoms with van der Waals surface area (Å²) >= 11 is 0. The number of amides is 1. The van der Waals surface area contributed by atoms with Crippen LogP contribution in [-0.4, -0.2) is 49.9 Å². The van der Waals surface area contributed by atoms with Crippen molar-refractivity contribution in [2.24, 2.45) is 0 Å². The molecule has 0 aliphatic carbocycles. The van der Waals surface area contributed by atoms with Crippen LogP contribution in [0.25, 0.3) is 0 Å². The Bertz CT molecular complexity index is 990.